The topological polar surface area (TPSA) is 91.3 Å². The smallest absolute Gasteiger partial charge is 0.450 e. The number of ketones is 1. The molecule has 0 bridgehead atoms. The SMILES string of the molecule is C=C(C)C(=O)C1=C(OOC(C)(C)C)OC1OC(=O)O. The average molecular weight is 272 g/mol. The summed E-state index contributed by atoms with van der Waals surface area (Å²) in [5.74, 6) is -0.723. The van der Waals surface area contributed by atoms with Gasteiger partial charge in [0.1, 0.15) is 5.60 Å². The molecule has 1 N–H and O–H groups in total. The van der Waals surface area contributed by atoms with Crippen LogP contribution >= 0.6 is 0 Å². The molecule has 106 valence electrons. The molecule has 0 aromatic rings. The van der Waals surface area contributed by atoms with Gasteiger partial charge >= 0.3 is 12.1 Å². The Morgan fingerprint density at radius 3 is 2.37 bits per heavy atom. The quantitative estimate of drug-likeness (QED) is 0.355. The molecule has 7 heteroatoms. The maximum Gasteiger partial charge on any atom is 0.509 e. The van der Waals surface area contributed by atoms with Gasteiger partial charge in [-0.05, 0) is 33.3 Å². The molecule has 1 aliphatic rings. The van der Waals surface area contributed by atoms with Crippen LogP contribution in [-0.4, -0.2) is 28.9 Å². The van der Waals surface area contributed by atoms with Crippen LogP contribution in [0.3, 0.4) is 0 Å². The van der Waals surface area contributed by atoms with Crippen LogP contribution in [0, 0.1) is 0 Å². The van der Waals surface area contributed by atoms with Crippen molar-refractivity contribution >= 4 is 11.9 Å². The average Bonchev–Trinajstić information content (AvgIpc) is 2.19. The predicted molar refractivity (Wildman–Crippen MR) is 62.8 cm³/mol. The Morgan fingerprint density at radius 2 is 1.95 bits per heavy atom. The number of rotatable bonds is 5. The molecule has 0 spiro atoms. The second-order valence-electron chi connectivity index (χ2n) is 4.92. The van der Waals surface area contributed by atoms with Gasteiger partial charge in [0.05, 0.1) is 0 Å². The minimum atomic E-state index is -1.56. The van der Waals surface area contributed by atoms with E-state index in [4.69, 9.17) is 19.6 Å². The van der Waals surface area contributed by atoms with Crippen molar-refractivity contribution in [3.8, 4) is 0 Å². The zero-order chi connectivity index (χ0) is 14.8. The van der Waals surface area contributed by atoms with Gasteiger partial charge in [-0.25, -0.2) is 4.79 Å². The number of carbonyl (C=O) groups is 2. The van der Waals surface area contributed by atoms with Crippen molar-refractivity contribution in [1.82, 2.24) is 0 Å². The van der Waals surface area contributed by atoms with Gasteiger partial charge in [0.25, 0.3) is 6.29 Å². The Hall–Kier alpha value is -2.02. The Kier molecular flexibility index (Phi) is 4.21. The molecule has 1 heterocycles. The number of carbonyl (C=O) groups excluding carboxylic acids is 1. The third-order valence-electron chi connectivity index (χ3n) is 1.88. The third-order valence-corrected chi connectivity index (χ3v) is 1.88. The van der Waals surface area contributed by atoms with E-state index in [0.29, 0.717) is 0 Å². The van der Waals surface area contributed by atoms with E-state index in [1.54, 1.807) is 20.8 Å². The summed E-state index contributed by atoms with van der Waals surface area (Å²) >= 11 is 0. The van der Waals surface area contributed by atoms with E-state index in [1.807, 2.05) is 0 Å². The zero-order valence-electron chi connectivity index (χ0n) is 11.2. The van der Waals surface area contributed by atoms with Crippen molar-refractivity contribution in [3.63, 3.8) is 0 Å². The molecule has 19 heavy (non-hydrogen) atoms. The van der Waals surface area contributed by atoms with Crippen molar-refractivity contribution < 1.29 is 33.9 Å². The van der Waals surface area contributed by atoms with Crippen LogP contribution in [0.4, 0.5) is 4.79 Å². The van der Waals surface area contributed by atoms with Crippen LogP contribution in [0.5, 0.6) is 0 Å². The van der Waals surface area contributed by atoms with Gasteiger partial charge in [0.15, 0.2) is 11.4 Å². The van der Waals surface area contributed by atoms with Gasteiger partial charge in [0, 0.05) is 0 Å². The summed E-state index contributed by atoms with van der Waals surface area (Å²) in [6.45, 7) is 10.2. The van der Waals surface area contributed by atoms with Crippen LogP contribution in [0.1, 0.15) is 27.7 Å². The first-order chi connectivity index (χ1) is 8.61. The Balaban J connectivity index is 2.84. The normalized spacial score (nSPS) is 18.2. The van der Waals surface area contributed by atoms with Crippen LogP contribution in [0.15, 0.2) is 23.7 Å². The number of ether oxygens (including phenoxy) is 2. The summed E-state index contributed by atoms with van der Waals surface area (Å²) in [6.07, 6.45) is -2.88. The van der Waals surface area contributed by atoms with E-state index in [1.165, 1.54) is 6.92 Å². The van der Waals surface area contributed by atoms with E-state index >= 15 is 0 Å². The predicted octanol–water partition coefficient (Wildman–Crippen LogP) is 2.14. The Morgan fingerprint density at radius 1 is 1.37 bits per heavy atom. The number of hydrogen-bond acceptors (Lipinski definition) is 6. The highest BCUT2D eigenvalue weighted by Crippen LogP contribution is 2.32. The Labute approximate surface area is 110 Å². The molecule has 1 aliphatic heterocycles. The summed E-state index contributed by atoms with van der Waals surface area (Å²) < 4.78 is 9.27. The van der Waals surface area contributed by atoms with E-state index in [9.17, 15) is 9.59 Å². The van der Waals surface area contributed by atoms with Crippen molar-refractivity contribution in [3.05, 3.63) is 23.7 Å². The van der Waals surface area contributed by atoms with Gasteiger partial charge in [-0.3, -0.25) is 9.68 Å². The fourth-order valence-corrected chi connectivity index (χ4v) is 1.09. The summed E-state index contributed by atoms with van der Waals surface area (Å²) in [7, 11) is 0. The van der Waals surface area contributed by atoms with Crippen molar-refractivity contribution in [2.75, 3.05) is 0 Å². The lowest BCUT2D eigenvalue weighted by molar-refractivity contribution is -0.364. The summed E-state index contributed by atoms with van der Waals surface area (Å²) in [6, 6.07) is 0. The van der Waals surface area contributed by atoms with Gasteiger partial charge in [-0.15, -0.1) is 0 Å². The molecule has 0 aliphatic carbocycles. The first kappa shape index (κ1) is 15.0. The van der Waals surface area contributed by atoms with Crippen LogP contribution < -0.4 is 0 Å². The largest absolute Gasteiger partial charge is 0.509 e. The third kappa shape index (κ3) is 3.99. The number of hydrogen-bond donors (Lipinski definition) is 1. The molecule has 7 nitrogen and oxygen atoms in total. The first-order valence-electron chi connectivity index (χ1n) is 5.48. The summed E-state index contributed by atoms with van der Waals surface area (Å²) in [5.41, 5.74) is -0.486. The molecule has 0 aromatic carbocycles. The monoisotopic (exact) mass is 272 g/mol. The highest BCUT2D eigenvalue weighted by molar-refractivity contribution is 6.08. The van der Waals surface area contributed by atoms with E-state index in [2.05, 4.69) is 11.3 Å². The molecule has 0 fully saturated rings. The van der Waals surface area contributed by atoms with Gasteiger partial charge in [-0.1, -0.05) is 6.58 Å². The second kappa shape index (κ2) is 5.31. The van der Waals surface area contributed by atoms with E-state index < -0.39 is 23.8 Å². The van der Waals surface area contributed by atoms with Crippen molar-refractivity contribution in [2.45, 2.75) is 39.6 Å². The van der Waals surface area contributed by atoms with Gasteiger partial charge < -0.3 is 14.6 Å². The molecule has 1 rings (SSSR count). The maximum atomic E-state index is 11.8. The summed E-state index contributed by atoms with van der Waals surface area (Å²) in [4.78, 5) is 32.1. The highest BCUT2D eigenvalue weighted by atomic mass is 17.2. The minimum absolute atomic E-state index is 0.0702. The standard InChI is InChI=1S/C12H16O7/c1-6(2)8(13)7-9(17-11(14)15)16-10(7)18-19-12(3,4)5/h9H,1H2,2-5H3,(H,14,15). The highest BCUT2D eigenvalue weighted by Gasteiger charge is 2.43. The number of carboxylic acid groups (broad SMARTS) is 1. The van der Waals surface area contributed by atoms with Crippen molar-refractivity contribution in [1.29, 1.82) is 0 Å². The fraction of sp³-hybridized carbons (Fsp3) is 0.500. The molecule has 0 saturated carbocycles. The molecule has 1 unspecified atom stereocenters. The van der Waals surface area contributed by atoms with Gasteiger partial charge in [0.2, 0.25) is 0 Å². The lowest BCUT2D eigenvalue weighted by atomic mass is 10.0. The van der Waals surface area contributed by atoms with Gasteiger partial charge in [-0.2, -0.15) is 4.89 Å². The molecule has 0 aromatic heterocycles. The minimum Gasteiger partial charge on any atom is -0.450 e. The van der Waals surface area contributed by atoms with Crippen LogP contribution in [-0.2, 0) is 24.0 Å². The molecule has 1 atom stereocenters. The molecular weight excluding hydrogens is 256 g/mol. The number of allylic oxidation sites excluding steroid dienone is 1. The Bertz CT molecular complexity index is 441. The maximum absolute atomic E-state index is 11.8. The van der Waals surface area contributed by atoms with Crippen molar-refractivity contribution in [2.24, 2.45) is 0 Å². The lowest BCUT2D eigenvalue weighted by Gasteiger charge is -2.30. The molecule has 0 saturated heterocycles. The molecule has 0 amide bonds. The van der Waals surface area contributed by atoms with Crippen LogP contribution in [0.25, 0.3) is 0 Å². The first-order valence-corrected chi connectivity index (χ1v) is 5.48. The van der Waals surface area contributed by atoms with Crippen LogP contribution in [0.2, 0.25) is 0 Å². The molecule has 0 radical (unpaired) electrons. The lowest BCUT2D eigenvalue weighted by Crippen LogP contribution is -2.38. The fourth-order valence-electron chi connectivity index (χ4n) is 1.09. The van der Waals surface area contributed by atoms with E-state index in [0.717, 1.165) is 0 Å². The number of Topliss-reactive ketones (excluding diaryl/α,β-unsaturated/α-hetero) is 1. The van der Waals surface area contributed by atoms with E-state index in [-0.39, 0.29) is 17.1 Å². The second-order valence-corrected chi connectivity index (χ2v) is 4.92. The zero-order valence-corrected chi connectivity index (χ0v) is 11.2. The summed E-state index contributed by atoms with van der Waals surface area (Å²) in [5, 5.41) is 8.50. The molecular formula is C12H16O7.